The van der Waals surface area contributed by atoms with Crippen molar-refractivity contribution in [3.63, 3.8) is 0 Å². The molecule has 23 heavy (non-hydrogen) atoms. The molecular weight excluding hydrogens is 292 g/mol. The third-order valence-corrected chi connectivity index (χ3v) is 3.79. The van der Waals surface area contributed by atoms with Gasteiger partial charge in [-0.3, -0.25) is 4.84 Å². The van der Waals surface area contributed by atoms with Crippen LogP contribution in [-0.4, -0.2) is 35.1 Å². The van der Waals surface area contributed by atoms with E-state index >= 15 is 0 Å². The molecular formula is C17H26N4O2. The highest BCUT2D eigenvalue weighted by Crippen LogP contribution is 2.24. The Hall–Kier alpha value is -2.21. The van der Waals surface area contributed by atoms with Gasteiger partial charge in [0, 0.05) is 24.5 Å². The Labute approximate surface area is 137 Å². The Balaban J connectivity index is 1.89. The van der Waals surface area contributed by atoms with Crippen LogP contribution in [0.15, 0.2) is 42.2 Å². The van der Waals surface area contributed by atoms with E-state index in [4.69, 9.17) is 10.6 Å². The van der Waals surface area contributed by atoms with E-state index in [1.165, 1.54) is 11.3 Å². The van der Waals surface area contributed by atoms with Gasteiger partial charge in [0.05, 0.1) is 13.3 Å². The van der Waals surface area contributed by atoms with Crippen molar-refractivity contribution in [1.29, 1.82) is 0 Å². The quantitative estimate of drug-likeness (QED) is 0.570. The van der Waals surface area contributed by atoms with Gasteiger partial charge in [-0.25, -0.2) is 10.3 Å². The van der Waals surface area contributed by atoms with Crippen LogP contribution in [0.5, 0.6) is 0 Å². The van der Waals surface area contributed by atoms with Crippen molar-refractivity contribution < 1.29 is 9.63 Å². The lowest BCUT2D eigenvalue weighted by molar-refractivity contribution is 0.0620. The minimum absolute atomic E-state index is 0.446. The Morgan fingerprint density at radius 2 is 2.09 bits per heavy atom. The van der Waals surface area contributed by atoms with E-state index in [1.807, 2.05) is 6.07 Å². The van der Waals surface area contributed by atoms with Gasteiger partial charge in [0.25, 0.3) is 0 Å². The number of allylic oxidation sites excluding steroid dienone is 1. The summed E-state index contributed by atoms with van der Waals surface area (Å²) in [4.78, 5) is 20.3. The second-order valence-corrected chi connectivity index (χ2v) is 5.97. The van der Waals surface area contributed by atoms with Crippen LogP contribution >= 0.6 is 0 Å². The molecule has 1 aliphatic heterocycles. The van der Waals surface area contributed by atoms with Crippen LogP contribution in [0.25, 0.3) is 0 Å². The van der Waals surface area contributed by atoms with Gasteiger partial charge in [-0.05, 0) is 32.3 Å². The summed E-state index contributed by atoms with van der Waals surface area (Å²) in [6.07, 6.45) is 3.95. The Bertz CT molecular complexity index is 531. The second kappa shape index (κ2) is 8.43. The maximum absolute atomic E-state index is 10.6. The van der Waals surface area contributed by atoms with E-state index in [2.05, 4.69) is 59.6 Å². The molecule has 0 aliphatic carbocycles. The third kappa shape index (κ3) is 5.49. The highest BCUT2D eigenvalue weighted by Gasteiger charge is 2.22. The first-order valence-corrected chi connectivity index (χ1v) is 7.99. The van der Waals surface area contributed by atoms with Crippen LogP contribution in [0.3, 0.4) is 0 Å². The van der Waals surface area contributed by atoms with Crippen molar-refractivity contribution >= 4 is 6.03 Å². The fraction of sp³-hybridized carbons (Fsp3) is 0.471. The lowest BCUT2D eigenvalue weighted by atomic mass is 10.2. The topological polar surface area (TPSA) is 70.8 Å². The van der Waals surface area contributed by atoms with Crippen LogP contribution in [0.2, 0.25) is 0 Å². The number of primary amides is 1. The van der Waals surface area contributed by atoms with E-state index < -0.39 is 6.03 Å². The van der Waals surface area contributed by atoms with Crippen LogP contribution in [0.4, 0.5) is 4.79 Å². The number of carbonyl (C=O) groups is 1. The number of urea groups is 1. The van der Waals surface area contributed by atoms with Crippen LogP contribution < -0.4 is 11.2 Å². The second-order valence-electron chi connectivity index (χ2n) is 5.97. The maximum Gasteiger partial charge on any atom is 0.336 e. The van der Waals surface area contributed by atoms with Gasteiger partial charge in [0.15, 0.2) is 0 Å². The van der Waals surface area contributed by atoms with Crippen LogP contribution in [0, 0.1) is 0 Å². The fourth-order valence-electron chi connectivity index (χ4n) is 2.54. The van der Waals surface area contributed by atoms with Gasteiger partial charge in [0.2, 0.25) is 0 Å². The number of hydrogen-bond acceptors (Lipinski definition) is 4. The van der Waals surface area contributed by atoms with Gasteiger partial charge in [-0.2, -0.15) is 0 Å². The molecule has 1 heterocycles. The lowest BCUT2D eigenvalue weighted by Crippen LogP contribution is -2.31. The summed E-state index contributed by atoms with van der Waals surface area (Å²) in [5, 5.41) is 0. The molecule has 2 rings (SSSR count). The molecule has 0 spiro atoms. The zero-order valence-corrected chi connectivity index (χ0v) is 13.9. The summed E-state index contributed by atoms with van der Waals surface area (Å²) in [7, 11) is 0. The van der Waals surface area contributed by atoms with E-state index in [1.54, 1.807) is 0 Å². The molecule has 3 N–H and O–H groups in total. The number of hydroxylamine groups is 1. The molecule has 1 aromatic carbocycles. The van der Waals surface area contributed by atoms with E-state index in [9.17, 15) is 4.79 Å². The number of hydrogen-bond donors (Lipinski definition) is 2. The molecule has 0 aromatic heterocycles. The zero-order chi connectivity index (χ0) is 16.7. The van der Waals surface area contributed by atoms with Crippen molar-refractivity contribution in [2.45, 2.75) is 39.3 Å². The van der Waals surface area contributed by atoms with Gasteiger partial charge >= 0.3 is 6.03 Å². The number of rotatable bonds is 8. The Morgan fingerprint density at radius 1 is 1.35 bits per heavy atom. The predicted molar refractivity (Wildman–Crippen MR) is 89.8 cm³/mol. The summed E-state index contributed by atoms with van der Waals surface area (Å²) in [6, 6.07) is 10.3. The minimum atomic E-state index is -0.665. The van der Waals surface area contributed by atoms with Crippen molar-refractivity contribution in [3.05, 3.63) is 47.8 Å². The molecule has 0 saturated carbocycles. The van der Waals surface area contributed by atoms with Crippen LogP contribution in [-0.2, 0) is 11.4 Å². The highest BCUT2D eigenvalue weighted by molar-refractivity contribution is 5.70. The van der Waals surface area contributed by atoms with Crippen molar-refractivity contribution in [2.75, 3.05) is 13.3 Å². The number of carbonyl (C=O) groups excluding carboxylic acids is 1. The molecule has 0 saturated heterocycles. The first kappa shape index (κ1) is 17.1. The summed E-state index contributed by atoms with van der Waals surface area (Å²) in [5.41, 5.74) is 9.70. The van der Waals surface area contributed by atoms with Gasteiger partial charge in [-0.15, -0.1) is 0 Å². The molecule has 0 atom stereocenters. The summed E-state index contributed by atoms with van der Waals surface area (Å²) in [6.45, 7) is 6.64. The van der Waals surface area contributed by atoms with E-state index in [-0.39, 0.29) is 0 Å². The number of nitrogens with one attached hydrogen (secondary N) is 1. The molecule has 0 radical (unpaired) electrons. The average molecular weight is 318 g/mol. The van der Waals surface area contributed by atoms with Gasteiger partial charge in [0.1, 0.15) is 0 Å². The fourth-order valence-corrected chi connectivity index (χ4v) is 2.54. The Morgan fingerprint density at radius 3 is 2.74 bits per heavy atom. The lowest BCUT2D eigenvalue weighted by Gasteiger charge is -2.26. The Kier molecular flexibility index (Phi) is 6.29. The first-order valence-electron chi connectivity index (χ1n) is 7.99. The molecule has 126 valence electrons. The molecule has 0 unspecified atom stereocenters. The zero-order valence-electron chi connectivity index (χ0n) is 13.9. The molecule has 1 aliphatic rings. The van der Waals surface area contributed by atoms with E-state index in [0.717, 1.165) is 26.1 Å². The van der Waals surface area contributed by atoms with E-state index in [0.29, 0.717) is 12.6 Å². The molecule has 6 heteroatoms. The summed E-state index contributed by atoms with van der Waals surface area (Å²) < 4.78 is 0. The largest absolute Gasteiger partial charge is 0.356 e. The van der Waals surface area contributed by atoms with Crippen molar-refractivity contribution in [2.24, 2.45) is 5.73 Å². The average Bonchev–Trinajstić information content (AvgIpc) is 2.91. The summed E-state index contributed by atoms with van der Waals surface area (Å²) >= 11 is 0. The SMILES string of the molecule is CC(C)N1C=C(CCCONC(N)=O)N(Cc2ccccc2)C1. The van der Waals surface area contributed by atoms with Crippen molar-refractivity contribution in [1.82, 2.24) is 15.3 Å². The predicted octanol–water partition coefficient (Wildman–Crippen LogP) is 2.39. The van der Waals surface area contributed by atoms with Crippen LogP contribution in [0.1, 0.15) is 32.3 Å². The molecule has 6 nitrogen and oxygen atoms in total. The third-order valence-electron chi connectivity index (χ3n) is 3.79. The molecule has 0 bridgehead atoms. The smallest absolute Gasteiger partial charge is 0.336 e. The monoisotopic (exact) mass is 318 g/mol. The first-order chi connectivity index (χ1) is 11.1. The molecule has 0 fully saturated rings. The number of benzene rings is 1. The van der Waals surface area contributed by atoms with Crippen molar-refractivity contribution in [3.8, 4) is 0 Å². The number of nitrogens with two attached hydrogens (primary N) is 1. The highest BCUT2D eigenvalue weighted by atomic mass is 16.7. The van der Waals surface area contributed by atoms with Gasteiger partial charge in [-0.1, -0.05) is 30.3 Å². The molecule has 1 aromatic rings. The standard InChI is InChI=1S/C17H26N4O2/c1-14(2)20-12-16(9-6-10-23-19-17(18)22)21(13-20)11-15-7-4-3-5-8-15/h3-5,7-8,12,14H,6,9-11,13H2,1-2H3,(H3,18,19,22). The normalized spacial score (nSPS) is 14.3. The molecule has 2 amide bonds. The number of amides is 2. The van der Waals surface area contributed by atoms with Gasteiger partial charge < -0.3 is 15.5 Å². The maximum atomic E-state index is 10.6. The number of nitrogens with zero attached hydrogens (tertiary/aromatic N) is 2. The minimum Gasteiger partial charge on any atom is -0.356 e. The summed E-state index contributed by atoms with van der Waals surface area (Å²) in [5.74, 6) is 0.